The van der Waals surface area contributed by atoms with E-state index in [0.717, 1.165) is 5.56 Å². The first kappa shape index (κ1) is 40.8. The van der Waals surface area contributed by atoms with Crippen LogP contribution in [0.25, 0.3) is 0 Å². The standard InChI is InChI=1S/C35H60N4O7/c1-8-38(31(41)16-11-10-15-30(40)37-21-13-12-14-29(36)33(43)44)23-34(4,5)25-45-26-35(6,7)24-39(9-2)32(42)22-46-28-19-17-27(3)18-20-28/h17-20,29H,8-16,21-26,36H2,1-7H3,(H,37,40)(H,43,44). The number of carboxylic acids is 1. The number of carbonyl (C=O) groups excluding carboxylic acids is 3. The largest absolute Gasteiger partial charge is 0.484 e. The lowest BCUT2D eigenvalue weighted by Gasteiger charge is -2.35. The normalized spacial score (nSPS) is 12.3. The van der Waals surface area contributed by atoms with Crippen molar-refractivity contribution in [2.24, 2.45) is 16.6 Å². The highest BCUT2D eigenvalue weighted by atomic mass is 16.5. The number of hydrogen-bond acceptors (Lipinski definition) is 7. The van der Waals surface area contributed by atoms with Gasteiger partial charge in [0.25, 0.3) is 5.91 Å². The Balaban J connectivity index is 2.37. The summed E-state index contributed by atoms with van der Waals surface area (Å²) < 4.78 is 11.9. The van der Waals surface area contributed by atoms with E-state index in [4.69, 9.17) is 20.3 Å². The molecule has 0 saturated heterocycles. The number of unbranched alkanes of at least 4 members (excludes halogenated alkanes) is 2. The lowest BCUT2D eigenvalue weighted by atomic mass is 9.92. The minimum Gasteiger partial charge on any atom is -0.484 e. The number of nitrogens with zero attached hydrogens (tertiary/aromatic N) is 2. The summed E-state index contributed by atoms with van der Waals surface area (Å²) in [6.45, 7) is 17.9. The summed E-state index contributed by atoms with van der Waals surface area (Å²) in [6, 6.07) is 6.78. The Labute approximate surface area is 276 Å². The van der Waals surface area contributed by atoms with Gasteiger partial charge in [-0.25, -0.2) is 0 Å². The molecule has 1 aromatic carbocycles. The van der Waals surface area contributed by atoms with Gasteiger partial charge in [0.1, 0.15) is 11.8 Å². The molecule has 3 amide bonds. The van der Waals surface area contributed by atoms with E-state index in [-0.39, 0.29) is 35.2 Å². The molecule has 0 saturated carbocycles. The summed E-state index contributed by atoms with van der Waals surface area (Å²) >= 11 is 0. The maximum absolute atomic E-state index is 12.9. The Morgan fingerprint density at radius 1 is 0.848 bits per heavy atom. The van der Waals surface area contributed by atoms with Crippen LogP contribution in [0, 0.1) is 17.8 Å². The predicted octanol–water partition coefficient (Wildman–Crippen LogP) is 4.40. The molecule has 0 bridgehead atoms. The van der Waals surface area contributed by atoms with Crippen molar-refractivity contribution in [2.45, 2.75) is 99.5 Å². The van der Waals surface area contributed by atoms with Gasteiger partial charge in [-0.1, -0.05) is 45.4 Å². The van der Waals surface area contributed by atoms with E-state index in [0.29, 0.717) is 96.6 Å². The SMILES string of the molecule is CCN(CC(C)(C)COCC(C)(C)CN(CC)C(=O)COc1ccc(C)cc1)C(=O)CCCCC(=O)NCCCCC(N)C(=O)O. The van der Waals surface area contributed by atoms with Crippen molar-refractivity contribution >= 4 is 23.7 Å². The number of ether oxygens (including phenoxy) is 2. The highest BCUT2D eigenvalue weighted by Crippen LogP contribution is 2.23. The number of aliphatic carboxylic acids is 1. The van der Waals surface area contributed by atoms with Crippen LogP contribution in [0.5, 0.6) is 5.75 Å². The van der Waals surface area contributed by atoms with Gasteiger partial charge < -0.3 is 35.4 Å². The quantitative estimate of drug-likeness (QED) is 0.140. The highest BCUT2D eigenvalue weighted by molar-refractivity contribution is 5.78. The summed E-state index contributed by atoms with van der Waals surface area (Å²) in [5.74, 6) is -0.401. The monoisotopic (exact) mass is 648 g/mol. The van der Waals surface area contributed by atoms with E-state index in [9.17, 15) is 19.2 Å². The molecule has 0 spiro atoms. The number of amides is 3. The summed E-state index contributed by atoms with van der Waals surface area (Å²) in [6.07, 6.45) is 3.68. The Morgan fingerprint density at radius 2 is 1.39 bits per heavy atom. The molecule has 11 heteroatoms. The molecular weight excluding hydrogens is 588 g/mol. The van der Waals surface area contributed by atoms with Gasteiger partial charge >= 0.3 is 5.97 Å². The van der Waals surface area contributed by atoms with E-state index in [1.54, 1.807) is 4.90 Å². The number of carbonyl (C=O) groups is 4. The van der Waals surface area contributed by atoms with Crippen LogP contribution in [0.2, 0.25) is 0 Å². The fraction of sp³-hybridized carbons (Fsp3) is 0.714. The predicted molar refractivity (Wildman–Crippen MR) is 181 cm³/mol. The molecule has 262 valence electrons. The Bertz CT molecular complexity index is 1080. The third-order valence-corrected chi connectivity index (χ3v) is 7.70. The number of aryl methyl sites for hydroxylation is 1. The van der Waals surface area contributed by atoms with Crippen molar-refractivity contribution < 1.29 is 33.8 Å². The molecule has 0 aliphatic rings. The van der Waals surface area contributed by atoms with Crippen LogP contribution >= 0.6 is 0 Å². The first-order valence-corrected chi connectivity index (χ1v) is 16.7. The van der Waals surface area contributed by atoms with Gasteiger partial charge in [0.2, 0.25) is 11.8 Å². The second-order valence-corrected chi connectivity index (χ2v) is 13.7. The van der Waals surface area contributed by atoms with Gasteiger partial charge in [0, 0.05) is 56.4 Å². The molecule has 0 aromatic heterocycles. The molecular formula is C35H60N4O7. The zero-order chi connectivity index (χ0) is 34.8. The minimum absolute atomic E-state index is 0.0114. The average Bonchev–Trinajstić information content (AvgIpc) is 2.99. The first-order chi connectivity index (χ1) is 21.6. The zero-order valence-corrected chi connectivity index (χ0v) is 29.4. The number of rotatable bonds is 24. The molecule has 0 fully saturated rings. The average molecular weight is 649 g/mol. The van der Waals surface area contributed by atoms with Crippen LogP contribution in [0.4, 0.5) is 0 Å². The molecule has 11 nitrogen and oxygen atoms in total. The number of nitrogens with one attached hydrogen (secondary N) is 1. The Hall–Kier alpha value is -3.18. The number of hydrogen-bond donors (Lipinski definition) is 3. The number of carboxylic acid groups (broad SMARTS) is 1. The molecule has 1 aromatic rings. The maximum Gasteiger partial charge on any atom is 0.320 e. The molecule has 46 heavy (non-hydrogen) atoms. The fourth-order valence-corrected chi connectivity index (χ4v) is 5.00. The van der Waals surface area contributed by atoms with Crippen LogP contribution in [0.1, 0.15) is 92.1 Å². The maximum atomic E-state index is 12.9. The lowest BCUT2D eigenvalue weighted by molar-refractivity contribution is -0.139. The molecule has 0 aliphatic heterocycles. The Morgan fingerprint density at radius 3 is 1.93 bits per heavy atom. The van der Waals surface area contributed by atoms with Crippen molar-refractivity contribution in [1.82, 2.24) is 15.1 Å². The molecule has 0 heterocycles. The van der Waals surface area contributed by atoms with Gasteiger partial charge in [-0.05, 0) is 65.0 Å². The Kier molecular flexibility index (Phi) is 18.5. The second kappa shape index (κ2) is 20.8. The molecule has 1 rings (SSSR count). The second-order valence-electron chi connectivity index (χ2n) is 13.7. The summed E-state index contributed by atoms with van der Waals surface area (Å²) in [4.78, 5) is 52.3. The van der Waals surface area contributed by atoms with Crippen LogP contribution in [0.15, 0.2) is 24.3 Å². The van der Waals surface area contributed by atoms with Crippen molar-refractivity contribution in [3.63, 3.8) is 0 Å². The van der Waals surface area contributed by atoms with Gasteiger partial charge in [0.05, 0.1) is 13.2 Å². The van der Waals surface area contributed by atoms with Gasteiger partial charge in [-0.2, -0.15) is 0 Å². The lowest BCUT2D eigenvalue weighted by Crippen LogP contribution is -2.44. The van der Waals surface area contributed by atoms with Crippen molar-refractivity contribution in [3.8, 4) is 5.75 Å². The molecule has 1 atom stereocenters. The van der Waals surface area contributed by atoms with Gasteiger partial charge in [-0.3, -0.25) is 19.2 Å². The van der Waals surface area contributed by atoms with Crippen LogP contribution in [-0.2, 0) is 23.9 Å². The zero-order valence-electron chi connectivity index (χ0n) is 29.4. The smallest absolute Gasteiger partial charge is 0.320 e. The highest BCUT2D eigenvalue weighted by Gasteiger charge is 2.28. The fourth-order valence-electron chi connectivity index (χ4n) is 5.00. The molecule has 0 aliphatic carbocycles. The first-order valence-electron chi connectivity index (χ1n) is 16.7. The number of benzene rings is 1. The minimum atomic E-state index is -1.01. The molecule has 1 unspecified atom stereocenters. The number of nitrogens with two attached hydrogens (primary N) is 1. The third-order valence-electron chi connectivity index (χ3n) is 7.70. The van der Waals surface area contributed by atoms with Crippen LogP contribution < -0.4 is 15.8 Å². The van der Waals surface area contributed by atoms with Crippen molar-refractivity contribution in [1.29, 1.82) is 0 Å². The van der Waals surface area contributed by atoms with Crippen LogP contribution in [0.3, 0.4) is 0 Å². The van der Waals surface area contributed by atoms with Gasteiger partial charge in [0.15, 0.2) is 6.61 Å². The van der Waals surface area contributed by atoms with Crippen LogP contribution in [-0.4, -0.2) is 97.2 Å². The molecule has 0 radical (unpaired) electrons. The topological polar surface area (TPSA) is 152 Å². The van der Waals surface area contributed by atoms with E-state index in [1.165, 1.54) is 0 Å². The van der Waals surface area contributed by atoms with Crippen molar-refractivity contribution in [2.75, 3.05) is 52.5 Å². The van der Waals surface area contributed by atoms with E-state index < -0.39 is 12.0 Å². The van der Waals surface area contributed by atoms with Crippen molar-refractivity contribution in [3.05, 3.63) is 29.8 Å². The molecule has 4 N–H and O–H groups in total. The summed E-state index contributed by atoms with van der Waals surface area (Å²) in [7, 11) is 0. The van der Waals surface area contributed by atoms with E-state index in [1.807, 2.05) is 49.9 Å². The summed E-state index contributed by atoms with van der Waals surface area (Å²) in [5.41, 5.74) is 6.08. The van der Waals surface area contributed by atoms with Gasteiger partial charge in [-0.15, -0.1) is 0 Å². The van der Waals surface area contributed by atoms with E-state index >= 15 is 0 Å². The van der Waals surface area contributed by atoms with E-state index in [2.05, 4.69) is 33.0 Å². The number of likely N-dealkylation sites (N-methyl/N-ethyl adjacent to an activating group) is 1. The third kappa shape index (κ3) is 17.5. The summed E-state index contributed by atoms with van der Waals surface area (Å²) in [5, 5.41) is 11.6.